The second-order valence-corrected chi connectivity index (χ2v) is 10.8. The predicted octanol–water partition coefficient (Wildman–Crippen LogP) is 7.01. The van der Waals surface area contributed by atoms with Crippen molar-refractivity contribution >= 4 is 5.97 Å². The second-order valence-electron chi connectivity index (χ2n) is 10.8. The summed E-state index contributed by atoms with van der Waals surface area (Å²) in [5.41, 5.74) is 1.11. The first kappa shape index (κ1) is 21.2. The molecule has 3 saturated carbocycles. The second kappa shape index (κ2) is 8.46. The topological polar surface area (TPSA) is 26.3 Å². The molecule has 0 N–H and O–H groups in total. The zero-order chi connectivity index (χ0) is 19.7. The molecule has 27 heavy (non-hydrogen) atoms. The van der Waals surface area contributed by atoms with Crippen LogP contribution in [0, 0.1) is 40.4 Å². The summed E-state index contributed by atoms with van der Waals surface area (Å²) in [5, 5.41) is 0. The normalized spacial score (nSPS) is 43.1. The number of carbonyl (C=O) groups excluding carboxylic acids is 1. The fourth-order valence-corrected chi connectivity index (χ4v) is 7.89. The molecule has 3 aliphatic rings. The fraction of sp³-hybridized carbons (Fsp3) is 0.960. The molecular formula is C25H44O2. The Morgan fingerprint density at radius 2 is 1.78 bits per heavy atom. The van der Waals surface area contributed by atoms with Gasteiger partial charge in [-0.05, 0) is 91.8 Å². The lowest BCUT2D eigenvalue weighted by atomic mass is 9.51. The molecule has 0 amide bonds. The van der Waals surface area contributed by atoms with Gasteiger partial charge < -0.3 is 4.74 Å². The third kappa shape index (κ3) is 3.97. The van der Waals surface area contributed by atoms with Gasteiger partial charge in [0.25, 0.3) is 0 Å². The van der Waals surface area contributed by atoms with E-state index in [-0.39, 0.29) is 5.97 Å². The van der Waals surface area contributed by atoms with E-state index in [1.54, 1.807) is 0 Å². The van der Waals surface area contributed by atoms with Gasteiger partial charge in [-0.3, -0.25) is 4.79 Å². The van der Waals surface area contributed by atoms with Gasteiger partial charge in [0.2, 0.25) is 0 Å². The van der Waals surface area contributed by atoms with Crippen molar-refractivity contribution in [2.75, 3.05) is 7.11 Å². The van der Waals surface area contributed by atoms with Crippen LogP contribution >= 0.6 is 0 Å². The molecule has 0 radical (unpaired) electrons. The first-order valence-corrected chi connectivity index (χ1v) is 11.9. The first-order valence-electron chi connectivity index (χ1n) is 11.9. The smallest absolute Gasteiger partial charge is 0.305 e. The highest BCUT2D eigenvalue weighted by molar-refractivity contribution is 5.69. The summed E-state index contributed by atoms with van der Waals surface area (Å²) in [4.78, 5) is 11.6. The summed E-state index contributed by atoms with van der Waals surface area (Å²) in [5.74, 6) is 4.22. The molecule has 3 rings (SSSR count). The van der Waals surface area contributed by atoms with Crippen LogP contribution in [-0.2, 0) is 9.53 Å². The molecule has 156 valence electrons. The van der Waals surface area contributed by atoms with Gasteiger partial charge in [-0.25, -0.2) is 0 Å². The minimum Gasteiger partial charge on any atom is -0.469 e. The maximum atomic E-state index is 11.6. The Balaban J connectivity index is 1.65. The van der Waals surface area contributed by atoms with Crippen LogP contribution in [0.1, 0.15) is 105 Å². The highest BCUT2D eigenvalue weighted by Gasteiger charge is 2.54. The Hall–Kier alpha value is -0.530. The number of rotatable bonds is 6. The molecule has 0 aromatic heterocycles. The first-order chi connectivity index (χ1) is 12.8. The minimum atomic E-state index is -0.0407. The Morgan fingerprint density at radius 1 is 1.04 bits per heavy atom. The number of fused-ring (bicyclic) bond motifs is 1. The molecule has 2 nitrogen and oxygen atoms in total. The van der Waals surface area contributed by atoms with Crippen LogP contribution in [0.15, 0.2) is 0 Å². The number of hydrogen-bond donors (Lipinski definition) is 0. The molecule has 0 aromatic carbocycles. The highest BCUT2D eigenvalue weighted by atomic mass is 16.5. The van der Waals surface area contributed by atoms with Gasteiger partial charge in [0.1, 0.15) is 0 Å². The fourth-order valence-electron chi connectivity index (χ4n) is 7.89. The van der Waals surface area contributed by atoms with Gasteiger partial charge in [0.05, 0.1) is 7.11 Å². The van der Waals surface area contributed by atoms with E-state index in [1.807, 2.05) is 0 Å². The Kier molecular flexibility index (Phi) is 6.63. The lowest BCUT2D eigenvalue weighted by molar-refractivity contribution is -0.141. The number of ether oxygens (including phenoxy) is 1. The molecule has 7 atom stereocenters. The maximum absolute atomic E-state index is 11.6. The molecular weight excluding hydrogens is 332 g/mol. The van der Waals surface area contributed by atoms with Gasteiger partial charge in [-0.1, -0.05) is 47.0 Å². The van der Waals surface area contributed by atoms with Crippen molar-refractivity contribution in [3.63, 3.8) is 0 Å². The van der Waals surface area contributed by atoms with E-state index in [9.17, 15) is 4.79 Å². The monoisotopic (exact) mass is 376 g/mol. The summed E-state index contributed by atoms with van der Waals surface area (Å²) in [6.07, 6.45) is 16.0. The average Bonchev–Trinajstić information content (AvgIpc) is 3.02. The molecule has 0 aromatic rings. The molecule has 3 aliphatic carbocycles. The van der Waals surface area contributed by atoms with Crippen molar-refractivity contribution in [3.05, 3.63) is 0 Å². The van der Waals surface area contributed by atoms with Crippen LogP contribution in [0.25, 0.3) is 0 Å². The zero-order valence-corrected chi connectivity index (χ0v) is 18.7. The van der Waals surface area contributed by atoms with Gasteiger partial charge in [0.15, 0.2) is 0 Å². The Labute approximate surface area is 168 Å². The van der Waals surface area contributed by atoms with Crippen molar-refractivity contribution in [2.45, 2.75) is 105 Å². The van der Waals surface area contributed by atoms with Crippen LogP contribution in [-0.4, -0.2) is 13.1 Å². The van der Waals surface area contributed by atoms with E-state index in [0.29, 0.717) is 23.2 Å². The van der Waals surface area contributed by atoms with E-state index in [1.165, 1.54) is 71.3 Å². The number of hydrogen-bond acceptors (Lipinski definition) is 2. The molecule has 0 heterocycles. The van der Waals surface area contributed by atoms with Gasteiger partial charge in [-0.2, -0.15) is 0 Å². The lowest BCUT2D eigenvalue weighted by Gasteiger charge is -2.53. The predicted molar refractivity (Wildman–Crippen MR) is 112 cm³/mol. The average molecular weight is 377 g/mol. The molecule has 0 spiro atoms. The quantitative estimate of drug-likeness (QED) is 0.466. The van der Waals surface area contributed by atoms with Crippen molar-refractivity contribution < 1.29 is 9.53 Å². The lowest BCUT2D eigenvalue weighted by Crippen LogP contribution is -2.45. The summed E-state index contributed by atoms with van der Waals surface area (Å²) in [6.45, 7) is 10.1. The number of methoxy groups -OCH3 is 1. The third-order valence-electron chi connectivity index (χ3n) is 9.80. The molecule has 3 fully saturated rings. The van der Waals surface area contributed by atoms with Crippen LogP contribution in [0.3, 0.4) is 0 Å². The molecule has 0 saturated heterocycles. The minimum absolute atomic E-state index is 0.0407. The van der Waals surface area contributed by atoms with E-state index < -0.39 is 0 Å². The van der Waals surface area contributed by atoms with Crippen molar-refractivity contribution in [2.24, 2.45) is 40.4 Å². The van der Waals surface area contributed by atoms with Crippen molar-refractivity contribution in [1.82, 2.24) is 0 Å². The number of carbonyl (C=O) groups is 1. The molecule has 0 bridgehead atoms. The summed E-state index contributed by atoms with van der Waals surface area (Å²) >= 11 is 0. The Morgan fingerprint density at radius 3 is 2.48 bits per heavy atom. The highest BCUT2D eigenvalue weighted by Crippen LogP contribution is 2.63. The third-order valence-corrected chi connectivity index (χ3v) is 9.80. The van der Waals surface area contributed by atoms with Gasteiger partial charge in [-0.15, -0.1) is 0 Å². The number of esters is 1. The maximum Gasteiger partial charge on any atom is 0.305 e. The molecule has 5 unspecified atom stereocenters. The van der Waals surface area contributed by atoms with Crippen molar-refractivity contribution in [1.29, 1.82) is 0 Å². The van der Waals surface area contributed by atoms with Crippen LogP contribution in [0.5, 0.6) is 0 Å². The van der Waals surface area contributed by atoms with Crippen molar-refractivity contribution in [3.8, 4) is 0 Å². The van der Waals surface area contributed by atoms with E-state index in [2.05, 4.69) is 27.7 Å². The van der Waals surface area contributed by atoms with E-state index >= 15 is 0 Å². The van der Waals surface area contributed by atoms with Crippen LogP contribution in [0.4, 0.5) is 0 Å². The Bertz CT molecular complexity index is 514. The van der Waals surface area contributed by atoms with Gasteiger partial charge >= 0.3 is 5.97 Å². The van der Waals surface area contributed by atoms with Crippen LogP contribution in [0.2, 0.25) is 0 Å². The van der Waals surface area contributed by atoms with Crippen LogP contribution < -0.4 is 0 Å². The summed E-state index contributed by atoms with van der Waals surface area (Å²) < 4.78 is 4.87. The largest absolute Gasteiger partial charge is 0.469 e. The van der Waals surface area contributed by atoms with E-state index in [0.717, 1.165) is 30.1 Å². The summed E-state index contributed by atoms with van der Waals surface area (Å²) in [6, 6.07) is 0. The standard InChI is InChI=1S/C25H44O2/c1-6-19-9-7-8-15-24(19,3)21-14-16-25(4)20(17-21)11-12-22(25)18(2)10-13-23(26)27-5/h18-22H,6-17H2,1-5H3/t18?,19?,20?,21?,22?,24-,25-/m0/s1. The zero-order valence-electron chi connectivity index (χ0n) is 18.7. The van der Waals surface area contributed by atoms with E-state index in [4.69, 9.17) is 4.74 Å². The molecule has 0 aliphatic heterocycles. The summed E-state index contributed by atoms with van der Waals surface area (Å²) in [7, 11) is 1.51. The molecule has 2 heteroatoms. The SMILES string of the molecule is CCC1CCCC[C@]1(C)C1CC[C@@]2(C)C(CCC2C(C)CCC(=O)OC)C1. The van der Waals surface area contributed by atoms with Gasteiger partial charge in [0, 0.05) is 6.42 Å².